The van der Waals surface area contributed by atoms with E-state index < -0.39 is 0 Å². The zero-order valence-electron chi connectivity index (χ0n) is 11.0. The van der Waals surface area contributed by atoms with E-state index in [0.717, 1.165) is 6.54 Å². The third-order valence-corrected chi connectivity index (χ3v) is 4.30. The molecule has 0 aliphatic rings. The van der Waals surface area contributed by atoms with E-state index in [4.69, 9.17) is 0 Å². The van der Waals surface area contributed by atoms with Crippen LogP contribution in [-0.2, 0) is 6.54 Å². The molecule has 2 aromatic rings. The molecule has 0 spiro atoms. The number of benzene rings is 2. The molecule has 0 heterocycles. The Bertz CT molecular complexity index is 521. The molecule has 94 valence electrons. The summed E-state index contributed by atoms with van der Waals surface area (Å²) in [5.74, 6) is 0. The number of nitrogens with one attached hydrogen (secondary N) is 1. The molecule has 0 saturated heterocycles. The first-order valence-corrected chi connectivity index (χ1v) is 6.92. The molecule has 2 heteroatoms. The molecule has 1 nitrogen and oxygen atoms in total. The minimum absolute atomic E-state index is 0.862. The summed E-state index contributed by atoms with van der Waals surface area (Å²) >= 11 is 3.59. The normalized spacial score (nSPS) is 10.4. The monoisotopic (exact) mass is 303 g/mol. The van der Waals surface area contributed by atoms with Gasteiger partial charge in [-0.3, -0.25) is 0 Å². The molecular formula is C16H18BrN. The smallest absolute Gasteiger partial charge is 0.0400 e. The van der Waals surface area contributed by atoms with E-state index in [0.29, 0.717) is 0 Å². The highest BCUT2D eigenvalue weighted by Crippen LogP contribution is 2.25. The summed E-state index contributed by atoms with van der Waals surface area (Å²) in [7, 11) is 0. The van der Waals surface area contributed by atoms with Crippen molar-refractivity contribution in [2.75, 3.05) is 5.32 Å². The van der Waals surface area contributed by atoms with Crippen molar-refractivity contribution < 1.29 is 0 Å². The fraction of sp³-hybridized carbons (Fsp3) is 0.250. The SMILES string of the molecule is Cc1ccc(CNc2cc(C)c(Br)c(C)c2)cc1. The van der Waals surface area contributed by atoms with Crippen molar-refractivity contribution in [1.29, 1.82) is 0 Å². The van der Waals surface area contributed by atoms with Crippen molar-refractivity contribution in [3.05, 3.63) is 63.1 Å². The van der Waals surface area contributed by atoms with Crippen LogP contribution in [0.2, 0.25) is 0 Å². The summed E-state index contributed by atoms with van der Waals surface area (Å²) in [5, 5.41) is 3.47. The number of hydrogen-bond donors (Lipinski definition) is 1. The predicted molar refractivity (Wildman–Crippen MR) is 82.1 cm³/mol. The fourth-order valence-corrected chi connectivity index (χ4v) is 2.19. The van der Waals surface area contributed by atoms with Gasteiger partial charge in [-0.2, -0.15) is 0 Å². The van der Waals surface area contributed by atoms with Crippen LogP contribution in [0.5, 0.6) is 0 Å². The lowest BCUT2D eigenvalue weighted by Gasteiger charge is -2.11. The second-order valence-corrected chi connectivity index (χ2v) is 5.56. The van der Waals surface area contributed by atoms with Gasteiger partial charge in [0.05, 0.1) is 0 Å². The van der Waals surface area contributed by atoms with E-state index in [2.05, 4.69) is 78.4 Å². The fourth-order valence-electron chi connectivity index (χ4n) is 1.96. The Morgan fingerprint density at radius 1 is 0.944 bits per heavy atom. The number of halogens is 1. The van der Waals surface area contributed by atoms with Crippen molar-refractivity contribution in [2.24, 2.45) is 0 Å². The lowest BCUT2D eigenvalue weighted by Crippen LogP contribution is -2.00. The largest absolute Gasteiger partial charge is 0.381 e. The van der Waals surface area contributed by atoms with E-state index in [1.807, 2.05) is 0 Å². The highest BCUT2D eigenvalue weighted by atomic mass is 79.9. The van der Waals surface area contributed by atoms with Crippen molar-refractivity contribution in [3.8, 4) is 0 Å². The van der Waals surface area contributed by atoms with Crippen LogP contribution in [0.15, 0.2) is 40.9 Å². The molecule has 0 atom stereocenters. The van der Waals surface area contributed by atoms with Crippen LogP contribution in [0, 0.1) is 20.8 Å². The third kappa shape index (κ3) is 3.14. The van der Waals surface area contributed by atoms with Gasteiger partial charge in [-0.1, -0.05) is 45.8 Å². The highest BCUT2D eigenvalue weighted by molar-refractivity contribution is 9.10. The van der Waals surface area contributed by atoms with Gasteiger partial charge in [0.1, 0.15) is 0 Å². The number of rotatable bonds is 3. The maximum absolute atomic E-state index is 3.59. The average molecular weight is 304 g/mol. The van der Waals surface area contributed by atoms with Crippen molar-refractivity contribution >= 4 is 21.6 Å². The molecule has 0 radical (unpaired) electrons. The number of hydrogen-bond acceptors (Lipinski definition) is 1. The van der Waals surface area contributed by atoms with E-state index in [9.17, 15) is 0 Å². The highest BCUT2D eigenvalue weighted by Gasteiger charge is 2.02. The van der Waals surface area contributed by atoms with Gasteiger partial charge in [0.15, 0.2) is 0 Å². The molecule has 0 aliphatic heterocycles. The Hall–Kier alpha value is -1.28. The van der Waals surface area contributed by atoms with Crippen LogP contribution >= 0.6 is 15.9 Å². The van der Waals surface area contributed by atoms with Crippen LogP contribution < -0.4 is 5.32 Å². The van der Waals surface area contributed by atoms with E-state index >= 15 is 0 Å². The molecule has 0 amide bonds. The summed E-state index contributed by atoms with van der Waals surface area (Å²) in [6, 6.07) is 13.0. The van der Waals surface area contributed by atoms with Gasteiger partial charge in [-0.25, -0.2) is 0 Å². The predicted octanol–water partition coefficient (Wildman–Crippen LogP) is 4.99. The summed E-state index contributed by atoms with van der Waals surface area (Å²) < 4.78 is 1.20. The van der Waals surface area contributed by atoms with Crippen molar-refractivity contribution in [1.82, 2.24) is 0 Å². The van der Waals surface area contributed by atoms with Crippen LogP contribution in [-0.4, -0.2) is 0 Å². The lowest BCUT2D eigenvalue weighted by molar-refractivity contribution is 1.14. The first kappa shape index (κ1) is 13.2. The lowest BCUT2D eigenvalue weighted by atomic mass is 10.1. The standard InChI is InChI=1S/C16H18BrN/c1-11-4-6-14(7-5-11)10-18-15-8-12(2)16(17)13(3)9-15/h4-9,18H,10H2,1-3H3. The van der Waals surface area contributed by atoms with E-state index in [-0.39, 0.29) is 0 Å². The molecule has 0 aliphatic carbocycles. The first-order chi connectivity index (χ1) is 8.56. The average Bonchev–Trinajstić information content (AvgIpc) is 2.35. The molecule has 18 heavy (non-hydrogen) atoms. The zero-order valence-corrected chi connectivity index (χ0v) is 12.6. The molecule has 0 unspecified atom stereocenters. The van der Waals surface area contributed by atoms with Gasteiger partial charge in [0.25, 0.3) is 0 Å². The van der Waals surface area contributed by atoms with Crippen LogP contribution in [0.3, 0.4) is 0 Å². The number of anilines is 1. The van der Waals surface area contributed by atoms with Crippen molar-refractivity contribution in [2.45, 2.75) is 27.3 Å². The molecule has 0 fully saturated rings. The second kappa shape index (κ2) is 5.57. The molecule has 1 N–H and O–H groups in total. The Morgan fingerprint density at radius 2 is 1.50 bits per heavy atom. The van der Waals surface area contributed by atoms with Gasteiger partial charge in [-0.15, -0.1) is 0 Å². The van der Waals surface area contributed by atoms with Gasteiger partial charge >= 0.3 is 0 Å². The summed E-state index contributed by atoms with van der Waals surface area (Å²) in [6.07, 6.45) is 0. The van der Waals surface area contributed by atoms with Gasteiger partial charge in [0, 0.05) is 16.7 Å². The molecule has 2 aromatic carbocycles. The number of aryl methyl sites for hydroxylation is 3. The molecular weight excluding hydrogens is 286 g/mol. The topological polar surface area (TPSA) is 12.0 Å². The second-order valence-electron chi connectivity index (χ2n) is 4.76. The molecule has 0 aromatic heterocycles. The minimum atomic E-state index is 0.862. The van der Waals surface area contributed by atoms with Crippen LogP contribution in [0.25, 0.3) is 0 Å². The molecule has 0 saturated carbocycles. The zero-order chi connectivity index (χ0) is 13.1. The quantitative estimate of drug-likeness (QED) is 0.842. The van der Waals surface area contributed by atoms with Gasteiger partial charge in [-0.05, 0) is 49.6 Å². The Balaban J connectivity index is 2.08. The Labute approximate surface area is 117 Å². The maximum atomic E-state index is 3.59. The molecule has 2 rings (SSSR count). The first-order valence-electron chi connectivity index (χ1n) is 6.12. The van der Waals surface area contributed by atoms with Gasteiger partial charge < -0.3 is 5.32 Å². The maximum Gasteiger partial charge on any atom is 0.0400 e. The summed E-state index contributed by atoms with van der Waals surface area (Å²) in [5.41, 5.74) is 6.31. The summed E-state index contributed by atoms with van der Waals surface area (Å²) in [6.45, 7) is 7.21. The third-order valence-electron chi connectivity index (χ3n) is 3.05. The Morgan fingerprint density at radius 3 is 2.06 bits per heavy atom. The van der Waals surface area contributed by atoms with Gasteiger partial charge in [0.2, 0.25) is 0 Å². The summed E-state index contributed by atoms with van der Waals surface area (Å²) in [4.78, 5) is 0. The molecule has 0 bridgehead atoms. The van der Waals surface area contributed by atoms with E-state index in [1.165, 1.54) is 32.4 Å². The van der Waals surface area contributed by atoms with Crippen LogP contribution in [0.1, 0.15) is 22.3 Å². The minimum Gasteiger partial charge on any atom is -0.381 e. The van der Waals surface area contributed by atoms with E-state index in [1.54, 1.807) is 0 Å². The Kier molecular flexibility index (Phi) is 4.07. The van der Waals surface area contributed by atoms with Crippen molar-refractivity contribution in [3.63, 3.8) is 0 Å². The van der Waals surface area contributed by atoms with Crippen LogP contribution in [0.4, 0.5) is 5.69 Å².